The molecule has 4 fully saturated rings. The van der Waals surface area contributed by atoms with Gasteiger partial charge in [0.25, 0.3) is 0 Å². The van der Waals surface area contributed by atoms with E-state index in [0.29, 0.717) is 5.41 Å². The lowest BCUT2D eigenvalue weighted by atomic mass is 9.73. The molecule has 0 amide bonds. The molecule has 234 valence electrons. The number of benzene rings is 6. The van der Waals surface area contributed by atoms with E-state index in [-0.39, 0.29) is 0 Å². The van der Waals surface area contributed by atoms with Crippen molar-refractivity contribution in [1.29, 1.82) is 0 Å². The van der Waals surface area contributed by atoms with Gasteiger partial charge in [-0.25, -0.2) is 0 Å². The molecule has 5 atom stereocenters. The molecular weight excluding hydrogens is 601 g/mol. The number of fused-ring (bicyclic) bond motifs is 3. The van der Waals surface area contributed by atoms with E-state index in [9.17, 15) is 0 Å². The molecule has 4 aliphatic carbocycles. The Morgan fingerprint density at radius 2 is 1.17 bits per heavy atom. The Balaban J connectivity index is 1.08. The predicted molar refractivity (Wildman–Crippen MR) is 204 cm³/mol. The van der Waals surface area contributed by atoms with E-state index in [0.717, 1.165) is 35.0 Å². The Bertz CT molecular complexity index is 2220. The van der Waals surface area contributed by atoms with Crippen LogP contribution in [0.3, 0.4) is 0 Å². The molecule has 4 aliphatic rings. The molecule has 0 aliphatic heterocycles. The van der Waals surface area contributed by atoms with Gasteiger partial charge in [0.15, 0.2) is 0 Å². The molecule has 0 radical (unpaired) electrons. The smallest absolute Gasteiger partial charge is 0.0640 e. The number of thiophene rings is 1. The van der Waals surface area contributed by atoms with Gasteiger partial charge in [-0.15, -0.1) is 11.3 Å². The highest BCUT2D eigenvalue weighted by atomic mass is 32.1. The third-order valence-corrected chi connectivity index (χ3v) is 13.3. The highest BCUT2D eigenvalue weighted by Crippen LogP contribution is 2.72. The van der Waals surface area contributed by atoms with E-state index < -0.39 is 0 Å². The first-order chi connectivity index (χ1) is 23.7. The van der Waals surface area contributed by atoms with Crippen molar-refractivity contribution in [3.63, 3.8) is 0 Å². The Labute approximate surface area is 286 Å². The average Bonchev–Trinajstić information content (AvgIpc) is 3.94. The standard InChI is InChI=1S/C45H38N2S/c1-30-40-29-45(28-31(40)26-41(30)45)32-20-22-36(23-21-32)46(33-12-5-2-6-13-33)37-24-25-38-39-18-11-19-42(44(39)48-43(38)27-37)47(34-14-7-3-8-15-34)35-16-9-4-10-17-35/h2-25,27,30-31,40-41H,26,28-29H2,1H3/t30-,31?,40?,41?,45?/m0/s1. The van der Waals surface area contributed by atoms with Crippen molar-refractivity contribution in [1.82, 2.24) is 0 Å². The van der Waals surface area contributed by atoms with Gasteiger partial charge in [0.1, 0.15) is 0 Å². The molecule has 0 saturated heterocycles. The van der Waals surface area contributed by atoms with Crippen molar-refractivity contribution >= 4 is 65.6 Å². The van der Waals surface area contributed by atoms with Crippen molar-refractivity contribution in [2.24, 2.45) is 23.7 Å². The fraction of sp³-hybridized carbons (Fsp3) is 0.200. The zero-order valence-electron chi connectivity index (χ0n) is 27.2. The van der Waals surface area contributed by atoms with E-state index in [1.807, 2.05) is 11.3 Å². The van der Waals surface area contributed by atoms with Gasteiger partial charge in [0.05, 0.1) is 10.4 Å². The molecule has 4 saturated carbocycles. The van der Waals surface area contributed by atoms with Crippen LogP contribution in [0, 0.1) is 23.7 Å². The number of rotatable bonds is 7. The van der Waals surface area contributed by atoms with Crippen LogP contribution in [0.4, 0.5) is 34.1 Å². The van der Waals surface area contributed by atoms with Crippen molar-refractivity contribution in [2.75, 3.05) is 9.80 Å². The van der Waals surface area contributed by atoms with Crippen LogP contribution in [0.15, 0.2) is 152 Å². The molecule has 1 aromatic heterocycles. The third-order valence-electron chi connectivity index (χ3n) is 12.1. The summed E-state index contributed by atoms with van der Waals surface area (Å²) in [5, 5.41) is 2.60. The monoisotopic (exact) mass is 638 g/mol. The minimum Gasteiger partial charge on any atom is -0.310 e. The molecule has 2 nitrogen and oxygen atoms in total. The first-order valence-corrected chi connectivity index (χ1v) is 18.3. The van der Waals surface area contributed by atoms with Crippen LogP contribution >= 0.6 is 11.3 Å². The first kappa shape index (κ1) is 28.2. The molecule has 11 rings (SSSR count). The highest BCUT2D eigenvalue weighted by Gasteiger charge is 2.66. The maximum atomic E-state index is 2.52. The van der Waals surface area contributed by atoms with Crippen LogP contribution in [0.25, 0.3) is 20.2 Å². The second-order valence-corrected chi connectivity index (χ2v) is 15.4. The van der Waals surface area contributed by atoms with Crippen molar-refractivity contribution in [3.8, 4) is 0 Å². The Morgan fingerprint density at radius 3 is 1.75 bits per heavy atom. The number of anilines is 6. The van der Waals surface area contributed by atoms with E-state index >= 15 is 0 Å². The SMILES string of the molecule is C[C@H]1C2CC3(c4ccc(N(c5ccccc5)c5ccc6c(c5)sc5c(N(c7ccccc7)c7ccccc7)cccc56)cc4)CC2CC13. The quantitative estimate of drug-likeness (QED) is 0.171. The summed E-state index contributed by atoms with van der Waals surface area (Å²) in [5.41, 5.74) is 9.11. The molecule has 48 heavy (non-hydrogen) atoms. The van der Waals surface area contributed by atoms with Crippen LogP contribution in [-0.4, -0.2) is 0 Å². The van der Waals surface area contributed by atoms with Crippen LogP contribution in [0.5, 0.6) is 0 Å². The molecule has 3 heteroatoms. The number of hydrogen-bond donors (Lipinski definition) is 0. The summed E-state index contributed by atoms with van der Waals surface area (Å²) in [6.45, 7) is 2.52. The van der Waals surface area contributed by atoms with E-state index in [4.69, 9.17) is 0 Å². The predicted octanol–water partition coefficient (Wildman–Crippen LogP) is 12.9. The van der Waals surface area contributed by atoms with Crippen LogP contribution in [0.2, 0.25) is 0 Å². The molecule has 0 N–H and O–H groups in total. The second-order valence-electron chi connectivity index (χ2n) is 14.4. The van der Waals surface area contributed by atoms with Gasteiger partial charge in [0.2, 0.25) is 0 Å². The number of nitrogens with zero attached hydrogens (tertiary/aromatic N) is 2. The lowest BCUT2D eigenvalue weighted by Crippen LogP contribution is -2.27. The lowest BCUT2D eigenvalue weighted by molar-refractivity contribution is 0.303. The van der Waals surface area contributed by atoms with Crippen molar-refractivity contribution in [2.45, 2.75) is 31.6 Å². The lowest BCUT2D eigenvalue weighted by Gasteiger charge is -2.32. The normalized spacial score (nSPS) is 23.8. The van der Waals surface area contributed by atoms with Crippen LogP contribution in [0.1, 0.15) is 31.7 Å². The Hall–Kier alpha value is -4.86. The Morgan fingerprint density at radius 1 is 0.562 bits per heavy atom. The molecule has 1 heterocycles. The first-order valence-electron chi connectivity index (χ1n) is 17.5. The van der Waals surface area contributed by atoms with Crippen LogP contribution in [-0.2, 0) is 5.41 Å². The molecule has 6 aromatic carbocycles. The summed E-state index contributed by atoms with van der Waals surface area (Å²) < 4.78 is 2.59. The number of hydrogen-bond acceptors (Lipinski definition) is 3. The minimum absolute atomic E-state index is 0.423. The van der Waals surface area contributed by atoms with Gasteiger partial charge in [-0.1, -0.05) is 91.9 Å². The van der Waals surface area contributed by atoms with Gasteiger partial charge in [0, 0.05) is 43.9 Å². The van der Waals surface area contributed by atoms with Crippen molar-refractivity contribution in [3.05, 3.63) is 157 Å². The summed E-state index contributed by atoms with van der Waals surface area (Å²) in [5.74, 6) is 3.69. The average molecular weight is 639 g/mol. The van der Waals surface area contributed by atoms with E-state index in [1.165, 1.54) is 62.2 Å². The van der Waals surface area contributed by atoms with Gasteiger partial charge in [-0.05, 0) is 121 Å². The van der Waals surface area contributed by atoms with Crippen LogP contribution < -0.4 is 9.80 Å². The molecule has 0 spiro atoms. The van der Waals surface area contributed by atoms with E-state index in [1.54, 1.807) is 5.56 Å². The molecule has 4 unspecified atom stereocenters. The maximum absolute atomic E-state index is 2.52. The van der Waals surface area contributed by atoms with Crippen molar-refractivity contribution < 1.29 is 0 Å². The van der Waals surface area contributed by atoms with Gasteiger partial charge in [-0.3, -0.25) is 0 Å². The van der Waals surface area contributed by atoms with Gasteiger partial charge in [-0.2, -0.15) is 0 Å². The molecule has 7 aromatic rings. The largest absolute Gasteiger partial charge is 0.310 e. The summed E-state index contributed by atoms with van der Waals surface area (Å²) in [6.07, 6.45) is 4.27. The third kappa shape index (κ3) is 4.17. The maximum Gasteiger partial charge on any atom is 0.0640 e. The highest BCUT2D eigenvalue weighted by molar-refractivity contribution is 7.26. The van der Waals surface area contributed by atoms with Gasteiger partial charge >= 0.3 is 0 Å². The fourth-order valence-electron chi connectivity index (χ4n) is 10.1. The summed E-state index contributed by atoms with van der Waals surface area (Å²) in [6, 6.07) is 55.8. The summed E-state index contributed by atoms with van der Waals surface area (Å²) in [7, 11) is 0. The fourth-order valence-corrected chi connectivity index (χ4v) is 11.4. The van der Waals surface area contributed by atoms with E-state index in [2.05, 4.69) is 168 Å². The summed E-state index contributed by atoms with van der Waals surface area (Å²) >= 11 is 1.89. The van der Waals surface area contributed by atoms with Gasteiger partial charge < -0.3 is 9.80 Å². The Kier molecular flexibility index (Phi) is 6.36. The topological polar surface area (TPSA) is 6.48 Å². The zero-order valence-corrected chi connectivity index (χ0v) is 28.0. The minimum atomic E-state index is 0.423. The zero-order chi connectivity index (χ0) is 31.8. The molecule has 4 bridgehead atoms. The molecular formula is C45H38N2S. The number of para-hydroxylation sites is 3. The second kappa shape index (κ2) is 10.8. The summed E-state index contributed by atoms with van der Waals surface area (Å²) in [4.78, 5) is 4.82.